The molecule has 158 valence electrons. The molecule has 30 heavy (non-hydrogen) atoms. The Labute approximate surface area is 174 Å². The molecular weight excluding hydrogens is 386 g/mol. The maximum absolute atomic E-state index is 13.0. The second-order valence-electron chi connectivity index (χ2n) is 7.20. The SMILES string of the molecule is COCCN1COc2ccc3c(C)c(-c4ccc(OC)c(OC)c4)c(=O)oc3c2C1. The van der Waals surface area contributed by atoms with E-state index in [2.05, 4.69) is 4.90 Å². The smallest absolute Gasteiger partial charge is 0.344 e. The van der Waals surface area contributed by atoms with Gasteiger partial charge < -0.3 is 23.4 Å². The molecule has 0 unspecified atom stereocenters. The fourth-order valence-corrected chi connectivity index (χ4v) is 3.86. The molecule has 7 heteroatoms. The van der Waals surface area contributed by atoms with Gasteiger partial charge in [-0.2, -0.15) is 0 Å². The summed E-state index contributed by atoms with van der Waals surface area (Å²) in [5, 5.41) is 0.885. The van der Waals surface area contributed by atoms with Gasteiger partial charge in [0.25, 0.3) is 0 Å². The highest BCUT2D eigenvalue weighted by atomic mass is 16.5. The Morgan fingerprint density at radius 3 is 2.60 bits per heavy atom. The Balaban J connectivity index is 1.83. The largest absolute Gasteiger partial charge is 0.493 e. The summed E-state index contributed by atoms with van der Waals surface area (Å²) in [7, 11) is 4.82. The average Bonchev–Trinajstić information content (AvgIpc) is 2.77. The molecule has 1 aromatic heterocycles. The van der Waals surface area contributed by atoms with E-state index in [1.807, 2.05) is 25.1 Å². The van der Waals surface area contributed by atoms with Crippen LogP contribution in [0.5, 0.6) is 17.2 Å². The van der Waals surface area contributed by atoms with Gasteiger partial charge in [0.1, 0.15) is 18.1 Å². The average molecular weight is 411 g/mol. The Bertz CT molecular complexity index is 1140. The van der Waals surface area contributed by atoms with Crippen molar-refractivity contribution in [2.24, 2.45) is 0 Å². The maximum atomic E-state index is 13.0. The third kappa shape index (κ3) is 3.51. The van der Waals surface area contributed by atoms with Crippen LogP contribution in [0.4, 0.5) is 0 Å². The lowest BCUT2D eigenvalue weighted by Crippen LogP contribution is -2.34. The first-order valence-corrected chi connectivity index (χ1v) is 9.73. The molecule has 3 aromatic rings. The molecule has 0 amide bonds. The zero-order valence-corrected chi connectivity index (χ0v) is 17.6. The summed E-state index contributed by atoms with van der Waals surface area (Å²) in [6, 6.07) is 9.29. The molecule has 0 saturated heterocycles. The summed E-state index contributed by atoms with van der Waals surface area (Å²) in [6.45, 7) is 4.39. The fraction of sp³-hybridized carbons (Fsp3) is 0.348. The van der Waals surface area contributed by atoms with Crippen molar-refractivity contribution in [2.75, 3.05) is 41.2 Å². The Morgan fingerprint density at radius 2 is 1.87 bits per heavy atom. The molecule has 0 aliphatic carbocycles. The minimum Gasteiger partial charge on any atom is -0.493 e. The summed E-state index contributed by atoms with van der Waals surface area (Å²) in [4.78, 5) is 15.1. The van der Waals surface area contributed by atoms with E-state index in [0.717, 1.165) is 34.4 Å². The minimum absolute atomic E-state index is 0.394. The molecule has 0 saturated carbocycles. The highest BCUT2D eigenvalue weighted by Gasteiger charge is 2.24. The molecule has 2 heterocycles. The maximum Gasteiger partial charge on any atom is 0.344 e. The van der Waals surface area contributed by atoms with E-state index >= 15 is 0 Å². The molecular formula is C23H25NO6. The third-order valence-corrected chi connectivity index (χ3v) is 5.46. The number of benzene rings is 2. The fourth-order valence-electron chi connectivity index (χ4n) is 3.86. The van der Waals surface area contributed by atoms with E-state index in [-0.39, 0.29) is 0 Å². The van der Waals surface area contributed by atoms with E-state index < -0.39 is 5.63 Å². The number of hydrogen-bond acceptors (Lipinski definition) is 7. The summed E-state index contributed by atoms with van der Waals surface area (Å²) in [5.41, 5.74) is 3.14. The second kappa shape index (κ2) is 8.38. The standard InChI is InChI=1S/C23H25NO6/c1-14-16-6-8-18-17(12-24(13-29-18)9-10-26-2)22(16)30-23(25)21(14)15-5-7-19(27-3)20(11-15)28-4/h5-8,11H,9-10,12-13H2,1-4H3. The van der Waals surface area contributed by atoms with Crippen LogP contribution in [0.25, 0.3) is 22.1 Å². The Morgan fingerprint density at radius 1 is 1.07 bits per heavy atom. The summed E-state index contributed by atoms with van der Waals surface area (Å²) in [5.74, 6) is 1.91. The van der Waals surface area contributed by atoms with Crippen LogP contribution in [-0.2, 0) is 11.3 Å². The van der Waals surface area contributed by atoms with Gasteiger partial charge in [-0.25, -0.2) is 4.79 Å². The van der Waals surface area contributed by atoms with Crippen LogP contribution in [0, 0.1) is 6.92 Å². The summed E-state index contributed by atoms with van der Waals surface area (Å²) < 4.78 is 27.6. The number of ether oxygens (including phenoxy) is 4. The predicted octanol–water partition coefficient (Wildman–Crippen LogP) is 3.58. The number of fused-ring (bicyclic) bond motifs is 3. The monoisotopic (exact) mass is 411 g/mol. The molecule has 1 aliphatic heterocycles. The molecule has 0 atom stereocenters. The van der Waals surface area contributed by atoms with E-state index in [1.54, 1.807) is 33.5 Å². The Hall–Kier alpha value is -3.03. The van der Waals surface area contributed by atoms with Crippen molar-refractivity contribution in [3.8, 4) is 28.4 Å². The molecule has 0 fully saturated rings. The van der Waals surface area contributed by atoms with Gasteiger partial charge in [-0.3, -0.25) is 4.90 Å². The topological polar surface area (TPSA) is 70.4 Å². The second-order valence-corrected chi connectivity index (χ2v) is 7.20. The first-order chi connectivity index (χ1) is 14.6. The van der Waals surface area contributed by atoms with Gasteiger partial charge in [-0.1, -0.05) is 6.07 Å². The number of aryl methyl sites for hydroxylation is 1. The molecule has 7 nitrogen and oxygen atoms in total. The molecule has 0 spiro atoms. The van der Waals surface area contributed by atoms with Crippen molar-refractivity contribution >= 4 is 11.0 Å². The predicted molar refractivity (Wildman–Crippen MR) is 114 cm³/mol. The zero-order chi connectivity index (χ0) is 21.3. The Kier molecular flexibility index (Phi) is 5.65. The lowest BCUT2D eigenvalue weighted by atomic mass is 9.97. The van der Waals surface area contributed by atoms with Crippen molar-refractivity contribution in [3.05, 3.63) is 51.9 Å². The zero-order valence-electron chi connectivity index (χ0n) is 17.6. The minimum atomic E-state index is -0.394. The van der Waals surface area contributed by atoms with Crippen molar-refractivity contribution < 1.29 is 23.4 Å². The number of hydrogen-bond donors (Lipinski definition) is 0. The number of nitrogens with zero attached hydrogens (tertiary/aromatic N) is 1. The molecule has 1 aliphatic rings. The van der Waals surface area contributed by atoms with Gasteiger partial charge in [0.05, 0.1) is 32.0 Å². The van der Waals surface area contributed by atoms with Gasteiger partial charge in [0, 0.05) is 25.6 Å². The van der Waals surface area contributed by atoms with Crippen LogP contribution >= 0.6 is 0 Å². The summed E-state index contributed by atoms with van der Waals surface area (Å²) in [6.07, 6.45) is 0. The first kappa shape index (κ1) is 20.3. The van der Waals surface area contributed by atoms with Gasteiger partial charge in [0.15, 0.2) is 11.5 Å². The van der Waals surface area contributed by atoms with Crippen molar-refractivity contribution in [1.82, 2.24) is 4.90 Å². The van der Waals surface area contributed by atoms with E-state index in [1.165, 1.54) is 0 Å². The van der Waals surface area contributed by atoms with Crippen LogP contribution < -0.4 is 19.8 Å². The highest BCUT2D eigenvalue weighted by molar-refractivity contribution is 5.90. The van der Waals surface area contributed by atoms with E-state index in [9.17, 15) is 4.79 Å². The molecule has 0 radical (unpaired) electrons. The third-order valence-electron chi connectivity index (χ3n) is 5.46. The lowest BCUT2D eigenvalue weighted by molar-refractivity contribution is 0.0658. The van der Waals surface area contributed by atoms with Gasteiger partial charge in [0.2, 0.25) is 0 Å². The summed E-state index contributed by atoms with van der Waals surface area (Å²) >= 11 is 0. The van der Waals surface area contributed by atoms with Crippen LogP contribution in [0.3, 0.4) is 0 Å². The number of methoxy groups -OCH3 is 3. The van der Waals surface area contributed by atoms with Gasteiger partial charge >= 0.3 is 5.63 Å². The van der Waals surface area contributed by atoms with Crippen molar-refractivity contribution in [3.63, 3.8) is 0 Å². The van der Waals surface area contributed by atoms with E-state index in [4.69, 9.17) is 23.4 Å². The molecule has 0 N–H and O–H groups in total. The van der Waals surface area contributed by atoms with Crippen molar-refractivity contribution in [1.29, 1.82) is 0 Å². The molecule has 4 rings (SSSR count). The number of rotatable bonds is 6. The van der Waals surface area contributed by atoms with E-state index in [0.29, 0.717) is 42.5 Å². The molecule has 0 bridgehead atoms. The normalized spacial score (nSPS) is 13.7. The molecule has 2 aromatic carbocycles. The van der Waals surface area contributed by atoms with Crippen LogP contribution in [-0.4, -0.2) is 46.1 Å². The van der Waals surface area contributed by atoms with Gasteiger partial charge in [-0.05, 0) is 42.3 Å². The first-order valence-electron chi connectivity index (χ1n) is 9.73. The van der Waals surface area contributed by atoms with Crippen LogP contribution in [0.2, 0.25) is 0 Å². The van der Waals surface area contributed by atoms with Gasteiger partial charge in [-0.15, -0.1) is 0 Å². The quantitative estimate of drug-likeness (QED) is 0.574. The lowest BCUT2D eigenvalue weighted by Gasteiger charge is -2.29. The highest BCUT2D eigenvalue weighted by Crippen LogP contribution is 2.37. The van der Waals surface area contributed by atoms with Crippen LogP contribution in [0.1, 0.15) is 11.1 Å². The van der Waals surface area contributed by atoms with Crippen molar-refractivity contribution in [2.45, 2.75) is 13.5 Å². The van der Waals surface area contributed by atoms with Crippen LogP contribution in [0.15, 0.2) is 39.5 Å².